The van der Waals surface area contributed by atoms with Gasteiger partial charge in [0.15, 0.2) is 0 Å². The molecule has 2 heteroatoms. The number of anilines is 3. The summed E-state index contributed by atoms with van der Waals surface area (Å²) in [5, 5.41) is 2.48. The molecule has 11 rings (SSSR count). The second-order valence-electron chi connectivity index (χ2n) is 16.5. The highest BCUT2D eigenvalue weighted by molar-refractivity contribution is 6.09. The Morgan fingerprint density at radius 2 is 0.900 bits per heavy atom. The maximum atomic E-state index is 2.50. The Labute approximate surface area is 352 Å². The minimum Gasteiger partial charge on any atom is -0.310 e. The first-order valence-corrected chi connectivity index (χ1v) is 20.9. The molecule has 286 valence electrons. The molecule has 0 bridgehead atoms. The van der Waals surface area contributed by atoms with Crippen molar-refractivity contribution < 1.29 is 0 Å². The predicted molar refractivity (Wildman–Crippen MR) is 251 cm³/mol. The van der Waals surface area contributed by atoms with E-state index in [9.17, 15) is 0 Å². The molecule has 1 aliphatic heterocycles. The fourth-order valence-electron chi connectivity index (χ4n) is 10.1. The zero-order chi connectivity index (χ0) is 40.3. The molecule has 0 spiro atoms. The van der Waals surface area contributed by atoms with Crippen LogP contribution in [0.25, 0.3) is 38.6 Å². The number of para-hydroxylation sites is 2. The molecule has 0 fully saturated rings. The van der Waals surface area contributed by atoms with Gasteiger partial charge in [0, 0.05) is 27.6 Å². The maximum Gasteiger partial charge on any atom is 0.0702 e. The van der Waals surface area contributed by atoms with Gasteiger partial charge in [-0.3, -0.25) is 0 Å². The van der Waals surface area contributed by atoms with E-state index in [4.69, 9.17) is 0 Å². The summed E-state index contributed by atoms with van der Waals surface area (Å²) in [4.78, 5) is 2.46. The fourth-order valence-corrected chi connectivity index (χ4v) is 10.1. The van der Waals surface area contributed by atoms with E-state index in [2.05, 4.69) is 254 Å². The molecule has 0 N–H and O–H groups in total. The fraction of sp³-hybridized carbons (Fsp3) is 0.0690. The number of nitrogens with zero attached hydrogens (tertiary/aromatic N) is 2. The number of benzene rings is 9. The van der Waals surface area contributed by atoms with Crippen LogP contribution in [-0.2, 0) is 10.8 Å². The van der Waals surface area contributed by atoms with Crippen molar-refractivity contribution in [3.63, 3.8) is 0 Å². The van der Waals surface area contributed by atoms with Crippen molar-refractivity contribution in [2.45, 2.75) is 24.7 Å². The van der Waals surface area contributed by atoms with Crippen molar-refractivity contribution in [2.75, 3.05) is 4.90 Å². The molecule has 1 aromatic heterocycles. The second-order valence-corrected chi connectivity index (χ2v) is 16.5. The summed E-state index contributed by atoms with van der Waals surface area (Å²) in [6, 6.07) is 84.8. The van der Waals surface area contributed by atoms with Gasteiger partial charge in [-0.15, -0.1) is 0 Å². The van der Waals surface area contributed by atoms with Crippen molar-refractivity contribution >= 4 is 38.9 Å². The van der Waals surface area contributed by atoms with Crippen LogP contribution in [0, 0.1) is 0 Å². The first kappa shape index (κ1) is 35.7. The molecule has 0 saturated carbocycles. The SMILES string of the molecule is CC1(C)c2ccccc2N(c2cccc(-c3ccccc3)c2)c2ccc(-n3c4ccccc4c4ccc(C(c5ccccc5)(c5ccccc5)c5ccccc5)cc43)cc21. The smallest absolute Gasteiger partial charge is 0.0702 e. The van der Waals surface area contributed by atoms with E-state index in [0.29, 0.717) is 0 Å². The molecule has 0 amide bonds. The van der Waals surface area contributed by atoms with Crippen LogP contribution in [0.15, 0.2) is 231 Å². The molecular formula is C58H44N2. The molecule has 2 heterocycles. The Kier molecular flexibility index (Phi) is 8.42. The molecule has 0 radical (unpaired) electrons. The molecule has 0 atom stereocenters. The molecule has 60 heavy (non-hydrogen) atoms. The van der Waals surface area contributed by atoms with Gasteiger partial charge in [-0.2, -0.15) is 0 Å². The van der Waals surface area contributed by atoms with Crippen molar-refractivity contribution in [1.29, 1.82) is 0 Å². The lowest BCUT2D eigenvalue weighted by molar-refractivity contribution is 0.631. The zero-order valence-electron chi connectivity index (χ0n) is 33.8. The normalized spacial score (nSPS) is 13.3. The number of rotatable bonds is 7. The quantitative estimate of drug-likeness (QED) is 0.147. The highest BCUT2D eigenvalue weighted by Gasteiger charge is 2.40. The number of fused-ring (bicyclic) bond motifs is 5. The topological polar surface area (TPSA) is 8.17 Å². The molecule has 0 aliphatic carbocycles. The summed E-state index contributed by atoms with van der Waals surface area (Å²) in [6.07, 6.45) is 0. The number of hydrogen-bond donors (Lipinski definition) is 0. The van der Waals surface area contributed by atoms with Gasteiger partial charge in [0.1, 0.15) is 0 Å². The minimum absolute atomic E-state index is 0.261. The Morgan fingerprint density at radius 3 is 1.58 bits per heavy atom. The molecule has 9 aromatic carbocycles. The Bertz CT molecular complexity index is 3070. The lowest BCUT2D eigenvalue weighted by atomic mass is 9.65. The van der Waals surface area contributed by atoms with E-state index in [1.807, 2.05) is 0 Å². The summed E-state index contributed by atoms with van der Waals surface area (Å²) in [5.74, 6) is 0. The molecule has 10 aromatic rings. The van der Waals surface area contributed by atoms with Crippen LogP contribution in [-0.4, -0.2) is 4.57 Å². The van der Waals surface area contributed by atoms with E-state index in [0.717, 1.165) is 11.4 Å². The van der Waals surface area contributed by atoms with E-state index >= 15 is 0 Å². The van der Waals surface area contributed by atoms with Crippen LogP contribution >= 0.6 is 0 Å². The lowest BCUT2D eigenvalue weighted by Gasteiger charge is -2.42. The van der Waals surface area contributed by atoms with Gasteiger partial charge >= 0.3 is 0 Å². The standard InChI is InChI=1S/C58H44N2/c1-57(2)51-31-16-18-33-54(51)60(47-29-19-22-42(38-47)41-20-7-3-8-21-41)55-37-35-48(40-52(55)57)59-53-32-17-15-30-49(53)50-36-34-46(39-56(50)59)58(43-23-9-4-10-24-43,44-25-11-5-12-26-44)45-27-13-6-14-28-45/h3-40H,1-2H3. The average Bonchev–Trinajstić information content (AvgIpc) is 3.65. The Hall–Kier alpha value is -7.42. The second kappa shape index (κ2) is 14.1. The van der Waals surface area contributed by atoms with Crippen LogP contribution in [0.5, 0.6) is 0 Å². The predicted octanol–water partition coefficient (Wildman–Crippen LogP) is 14.9. The van der Waals surface area contributed by atoms with Gasteiger partial charge in [-0.25, -0.2) is 0 Å². The van der Waals surface area contributed by atoms with E-state index < -0.39 is 5.41 Å². The largest absolute Gasteiger partial charge is 0.310 e. The van der Waals surface area contributed by atoms with Gasteiger partial charge in [0.05, 0.1) is 27.8 Å². The van der Waals surface area contributed by atoms with Gasteiger partial charge in [-0.1, -0.05) is 196 Å². The summed E-state index contributed by atoms with van der Waals surface area (Å²) < 4.78 is 2.50. The minimum atomic E-state index is -0.560. The molecule has 2 nitrogen and oxygen atoms in total. The van der Waals surface area contributed by atoms with Crippen LogP contribution in [0.3, 0.4) is 0 Å². The highest BCUT2D eigenvalue weighted by atomic mass is 15.2. The van der Waals surface area contributed by atoms with Crippen LogP contribution in [0.4, 0.5) is 17.1 Å². The molecular weight excluding hydrogens is 725 g/mol. The van der Waals surface area contributed by atoms with Gasteiger partial charge in [0.2, 0.25) is 0 Å². The number of hydrogen-bond acceptors (Lipinski definition) is 1. The van der Waals surface area contributed by atoms with E-state index in [-0.39, 0.29) is 5.41 Å². The summed E-state index contributed by atoms with van der Waals surface area (Å²) in [5.41, 5.74) is 16.2. The van der Waals surface area contributed by atoms with Crippen molar-refractivity contribution in [3.05, 3.63) is 264 Å². The van der Waals surface area contributed by atoms with Crippen molar-refractivity contribution in [3.8, 4) is 16.8 Å². The van der Waals surface area contributed by atoms with Gasteiger partial charge in [0.25, 0.3) is 0 Å². The van der Waals surface area contributed by atoms with Crippen molar-refractivity contribution in [2.24, 2.45) is 0 Å². The van der Waals surface area contributed by atoms with Gasteiger partial charge < -0.3 is 9.47 Å². The summed E-state index contributed by atoms with van der Waals surface area (Å²) in [6.45, 7) is 4.76. The summed E-state index contributed by atoms with van der Waals surface area (Å²) >= 11 is 0. The van der Waals surface area contributed by atoms with Crippen LogP contribution in [0.2, 0.25) is 0 Å². The van der Waals surface area contributed by atoms with Crippen LogP contribution in [0.1, 0.15) is 47.2 Å². The van der Waals surface area contributed by atoms with E-state index in [1.54, 1.807) is 0 Å². The van der Waals surface area contributed by atoms with Crippen molar-refractivity contribution in [1.82, 2.24) is 4.57 Å². The third-order valence-electron chi connectivity index (χ3n) is 12.9. The Balaban J connectivity index is 1.16. The lowest BCUT2D eigenvalue weighted by Crippen LogP contribution is -2.31. The van der Waals surface area contributed by atoms with Crippen LogP contribution < -0.4 is 4.90 Å². The molecule has 0 saturated heterocycles. The zero-order valence-corrected chi connectivity index (χ0v) is 33.8. The van der Waals surface area contributed by atoms with Gasteiger partial charge in [-0.05, 0) is 93.0 Å². The third kappa shape index (κ3) is 5.48. The van der Waals surface area contributed by atoms with E-state index in [1.165, 1.54) is 77.7 Å². The average molecular weight is 769 g/mol. The highest BCUT2D eigenvalue weighted by Crippen LogP contribution is 2.53. The number of aromatic nitrogens is 1. The molecule has 1 aliphatic rings. The third-order valence-corrected chi connectivity index (χ3v) is 12.9. The Morgan fingerprint density at radius 1 is 0.350 bits per heavy atom. The molecule has 0 unspecified atom stereocenters. The first-order valence-electron chi connectivity index (χ1n) is 20.9. The maximum absolute atomic E-state index is 2.50. The monoisotopic (exact) mass is 768 g/mol. The first-order chi connectivity index (χ1) is 29.5. The summed E-state index contributed by atoms with van der Waals surface area (Å²) in [7, 11) is 0.